The van der Waals surface area contributed by atoms with E-state index in [0.29, 0.717) is 4.99 Å². The average Bonchev–Trinajstić information content (AvgIpc) is 2.63. The van der Waals surface area contributed by atoms with Crippen molar-refractivity contribution in [2.45, 2.75) is 32.7 Å². The van der Waals surface area contributed by atoms with Crippen LogP contribution >= 0.6 is 12.2 Å². The van der Waals surface area contributed by atoms with Gasteiger partial charge in [0.1, 0.15) is 10.7 Å². The summed E-state index contributed by atoms with van der Waals surface area (Å²) in [6.07, 6.45) is 3.89. The van der Waals surface area contributed by atoms with E-state index in [1.165, 1.54) is 24.8 Å². The van der Waals surface area contributed by atoms with E-state index in [2.05, 4.69) is 17.9 Å². The van der Waals surface area contributed by atoms with Gasteiger partial charge in [0.15, 0.2) is 0 Å². The first-order valence-corrected chi connectivity index (χ1v) is 7.70. The highest BCUT2D eigenvalue weighted by Crippen LogP contribution is 2.24. The van der Waals surface area contributed by atoms with E-state index in [1.54, 1.807) is 7.11 Å². The fourth-order valence-corrected chi connectivity index (χ4v) is 2.90. The lowest BCUT2D eigenvalue weighted by molar-refractivity contribution is 0.268. The van der Waals surface area contributed by atoms with E-state index < -0.39 is 0 Å². The Kier molecular flexibility index (Phi) is 5.38. The summed E-state index contributed by atoms with van der Waals surface area (Å²) in [6.45, 7) is 5.57. The first-order chi connectivity index (χ1) is 9.60. The lowest BCUT2D eigenvalue weighted by atomic mass is 10.0. The highest BCUT2D eigenvalue weighted by atomic mass is 32.1. The maximum absolute atomic E-state index is 5.73. The van der Waals surface area contributed by atoms with Crippen LogP contribution in [-0.4, -0.2) is 30.1 Å². The van der Waals surface area contributed by atoms with Crippen molar-refractivity contribution in [1.82, 2.24) is 4.90 Å². The second kappa shape index (κ2) is 7.04. The molecular weight excluding hydrogens is 268 g/mol. The molecule has 0 amide bonds. The van der Waals surface area contributed by atoms with Crippen LogP contribution in [0.25, 0.3) is 0 Å². The lowest BCUT2D eigenvalue weighted by Crippen LogP contribution is -2.24. The number of benzene rings is 1. The molecule has 0 bridgehead atoms. The monoisotopic (exact) mass is 292 g/mol. The maximum atomic E-state index is 5.73. The second-order valence-electron chi connectivity index (χ2n) is 5.70. The molecule has 1 fully saturated rings. The van der Waals surface area contributed by atoms with Crippen LogP contribution in [0.5, 0.6) is 5.75 Å². The van der Waals surface area contributed by atoms with Crippen LogP contribution < -0.4 is 10.5 Å². The molecule has 0 aromatic heterocycles. The van der Waals surface area contributed by atoms with Crippen molar-refractivity contribution < 1.29 is 4.74 Å². The van der Waals surface area contributed by atoms with Crippen molar-refractivity contribution in [2.75, 3.05) is 20.2 Å². The van der Waals surface area contributed by atoms with Gasteiger partial charge in [0.05, 0.1) is 7.11 Å². The summed E-state index contributed by atoms with van der Waals surface area (Å²) in [5.41, 5.74) is 7.82. The van der Waals surface area contributed by atoms with Gasteiger partial charge in [0.2, 0.25) is 0 Å². The third kappa shape index (κ3) is 3.93. The molecule has 1 atom stereocenters. The summed E-state index contributed by atoms with van der Waals surface area (Å²) in [6, 6.07) is 5.95. The zero-order valence-electron chi connectivity index (χ0n) is 12.4. The molecule has 3 nitrogen and oxygen atoms in total. The molecule has 1 aromatic carbocycles. The fraction of sp³-hybridized carbons (Fsp3) is 0.562. The number of hydrogen-bond acceptors (Lipinski definition) is 3. The first kappa shape index (κ1) is 15.3. The van der Waals surface area contributed by atoms with E-state index >= 15 is 0 Å². The molecule has 0 saturated carbocycles. The predicted octanol–water partition coefficient (Wildman–Crippen LogP) is 2.95. The van der Waals surface area contributed by atoms with Crippen molar-refractivity contribution in [2.24, 2.45) is 11.7 Å². The summed E-state index contributed by atoms with van der Waals surface area (Å²) in [7, 11) is 1.71. The molecule has 1 aliphatic rings. The van der Waals surface area contributed by atoms with Gasteiger partial charge in [-0.05, 0) is 56.5 Å². The second-order valence-corrected chi connectivity index (χ2v) is 6.14. The summed E-state index contributed by atoms with van der Waals surface area (Å²) < 4.78 is 5.46. The highest BCUT2D eigenvalue weighted by Gasteiger charge is 2.16. The number of likely N-dealkylation sites (tertiary alicyclic amines) is 1. The molecular formula is C16H24N2OS. The molecule has 2 N–H and O–H groups in total. The van der Waals surface area contributed by atoms with Crippen molar-refractivity contribution in [1.29, 1.82) is 0 Å². The number of hydrogen-bond donors (Lipinski definition) is 1. The molecule has 1 aromatic rings. The minimum atomic E-state index is 0.443. The Morgan fingerprint density at radius 1 is 1.40 bits per heavy atom. The lowest BCUT2D eigenvalue weighted by Gasteiger charge is -2.21. The number of thiocarbonyl (C=S) groups is 1. The third-order valence-corrected chi connectivity index (χ3v) is 4.30. The van der Waals surface area contributed by atoms with E-state index in [9.17, 15) is 0 Å². The molecule has 110 valence electrons. The standard InChI is InChI=1S/C16H24N2OS/c1-12-4-3-8-18(9-7-12)11-14-10-13(16(17)20)5-6-15(14)19-2/h5-6,10,12H,3-4,7-9,11H2,1-2H3,(H2,17,20). The first-order valence-electron chi connectivity index (χ1n) is 7.29. The van der Waals surface area contributed by atoms with Gasteiger partial charge in [-0.1, -0.05) is 19.1 Å². The molecule has 2 rings (SSSR count). The van der Waals surface area contributed by atoms with E-state index in [0.717, 1.165) is 36.9 Å². The Bertz CT molecular complexity index is 476. The molecule has 0 aliphatic carbocycles. The summed E-state index contributed by atoms with van der Waals surface area (Å²) in [4.78, 5) is 2.95. The van der Waals surface area contributed by atoms with Gasteiger partial charge < -0.3 is 10.5 Å². The number of nitrogens with zero attached hydrogens (tertiary/aromatic N) is 1. The zero-order valence-corrected chi connectivity index (χ0v) is 13.2. The Balaban J connectivity index is 2.14. The Morgan fingerprint density at radius 3 is 2.90 bits per heavy atom. The van der Waals surface area contributed by atoms with E-state index in [1.807, 2.05) is 12.1 Å². The van der Waals surface area contributed by atoms with E-state index in [4.69, 9.17) is 22.7 Å². The van der Waals surface area contributed by atoms with Crippen LogP contribution in [0.15, 0.2) is 18.2 Å². The van der Waals surface area contributed by atoms with Crippen LogP contribution in [0.1, 0.15) is 37.3 Å². The van der Waals surface area contributed by atoms with Crippen LogP contribution in [0, 0.1) is 5.92 Å². The molecule has 1 saturated heterocycles. The van der Waals surface area contributed by atoms with Crippen molar-refractivity contribution in [3.05, 3.63) is 29.3 Å². The quantitative estimate of drug-likeness (QED) is 0.866. The topological polar surface area (TPSA) is 38.5 Å². The number of ether oxygens (including phenoxy) is 1. The minimum absolute atomic E-state index is 0.443. The minimum Gasteiger partial charge on any atom is -0.496 e. The molecule has 1 heterocycles. The Hall–Kier alpha value is -1.13. The van der Waals surface area contributed by atoms with Crippen molar-refractivity contribution >= 4 is 17.2 Å². The number of nitrogens with two attached hydrogens (primary N) is 1. The Labute approximate surface area is 127 Å². The molecule has 0 spiro atoms. The van der Waals surface area contributed by atoms with Gasteiger partial charge in [-0.3, -0.25) is 4.90 Å². The molecule has 1 aliphatic heterocycles. The average molecular weight is 292 g/mol. The maximum Gasteiger partial charge on any atom is 0.123 e. The summed E-state index contributed by atoms with van der Waals surface area (Å²) in [5.74, 6) is 1.76. The van der Waals surface area contributed by atoms with Crippen LogP contribution in [-0.2, 0) is 6.54 Å². The normalized spacial score (nSPS) is 20.4. The van der Waals surface area contributed by atoms with Gasteiger partial charge in [-0.25, -0.2) is 0 Å². The third-order valence-electron chi connectivity index (χ3n) is 4.07. The van der Waals surface area contributed by atoms with Crippen LogP contribution in [0.4, 0.5) is 0 Å². The summed E-state index contributed by atoms with van der Waals surface area (Å²) >= 11 is 5.07. The van der Waals surface area contributed by atoms with E-state index in [-0.39, 0.29) is 0 Å². The van der Waals surface area contributed by atoms with Gasteiger partial charge in [-0.2, -0.15) is 0 Å². The molecule has 4 heteroatoms. The molecule has 1 unspecified atom stereocenters. The summed E-state index contributed by atoms with van der Waals surface area (Å²) in [5, 5.41) is 0. The molecule has 20 heavy (non-hydrogen) atoms. The van der Waals surface area contributed by atoms with Gasteiger partial charge in [0.25, 0.3) is 0 Å². The zero-order chi connectivity index (χ0) is 14.5. The smallest absolute Gasteiger partial charge is 0.123 e. The number of methoxy groups -OCH3 is 1. The fourth-order valence-electron chi connectivity index (χ4n) is 2.78. The predicted molar refractivity (Wildman–Crippen MR) is 87.2 cm³/mol. The van der Waals surface area contributed by atoms with Gasteiger partial charge in [-0.15, -0.1) is 0 Å². The SMILES string of the molecule is COc1ccc(C(N)=S)cc1CN1CCCC(C)CC1. The van der Waals surface area contributed by atoms with Gasteiger partial charge >= 0.3 is 0 Å². The van der Waals surface area contributed by atoms with Crippen molar-refractivity contribution in [3.63, 3.8) is 0 Å². The van der Waals surface area contributed by atoms with Crippen molar-refractivity contribution in [3.8, 4) is 5.75 Å². The Morgan fingerprint density at radius 2 is 2.20 bits per heavy atom. The number of rotatable bonds is 4. The highest BCUT2D eigenvalue weighted by molar-refractivity contribution is 7.80. The van der Waals surface area contributed by atoms with Crippen LogP contribution in [0.2, 0.25) is 0 Å². The van der Waals surface area contributed by atoms with Crippen LogP contribution in [0.3, 0.4) is 0 Å². The van der Waals surface area contributed by atoms with Gasteiger partial charge in [0, 0.05) is 17.7 Å². The molecule has 0 radical (unpaired) electrons. The largest absolute Gasteiger partial charge is 0.496 e.